The first-order chi connectivity index (χ1) is 15.2. The van der Waals surface area contributed by atoms with Gasteiger partial charge in [0.15, 0.2) is 0 Å². The molecule has 1 aliphatic carbocycles. The Morgan fingerprint density at radius 1 is 1.16 bits per heavy atom. The van der Waals surface area contributed by atoms with Gasteiger partial charge in [0.1, 0.15) is 6.04 Å². The lowest BCUT2D eigenvalue weighted by Crippen LogP contribution is -2.48. The molecule has 0 aromatic heterocycles. The van der Waals surface area contributed by atoms with Crippen molar-refractivity contribution in [3.63, 3.8) is 0 Å². The van der Waals surface area contributed by atoms with E-state index in [9.17, 15) is 19.2 Å². The van der Waals surface area contributed by atoms with Crippen LogP contribution in [0.2, 0.25) is 10.0 Å². The van der Waals surface area contributed by atoms with E-state index in [2.05, 4.69) is 5.32 Å². The van der Waals surface area contributed by atoms with Gasteiger partial charge in [-0.05, 0) is 44.4 Å². The molecule has 0 bridgehead atoms. The molecule has 3 atom stereocenters. The molecular weight excluding hydrogens is 453 g/mol. The van der Waals surface area contributed by atoms with Crippen molar-refractivity contribution in [2.45, 2.75) is 45.7 Å². The Hall–Kier alpha value is -2.38. The minimum Gasteiger partial charge on any atom is -0.355 e. The Labute approximate surface area is 197 Å². The Balaban J connectivity index is 1.73. The third-order valence-corrected chi connectivity index (χ3v) is 6.61. The van der Waals surface area contributed by atoms with Gasteiger partial charge in [0.05, 0.1) is 11.8 Å². The largest absolute Gasteiger partial charge is 0.355 e. The van der Waals surface area contributed by atoms with Gasteiger partial charge in [-0.2, -0.15) is 0 Å². The molecule has 4 amide bonds. The van der Waals surface area contributed by atoms with Crippen LogP contribution in [0.25, 0.3) is 0 Å². The Kier molecular flexibility index (Phi) is 7.96. The third-order valence-electron chi connectivity index (χ3n) is 6.02. The smallest absolute Gasteiger partial charge is 0.242 e. The lowest BCUT2D eigenvalue weighted by molar-refractivity contribution is -0.143. The zero-order valence-corrected chi connectivity index (χ0v) is 19.7. The predicted octanol–water partition coefficient (Wildman–Crippen LogP) is 3.19. The van der Waals surface area contributed by atoms with Gasteiger partial charge in [0.25, 0.3) is 0 Å². The van der Waals surface area contributed by atoms with Crippen LogP contribution in [-0.2, 0) is 25.7 Å². The third kappa shape index (κ3) is 5.15. The summed E-state index contributed by atoms with van der Waals surface area (Å²) in [6, 6.07) is 4.20. The zero-order chi connectivity index (χ0) is 23.4. The molecule has 9 heteroatoms. The van der Waals surface area contributed by atoms with Gasteiger partial charge in [-0.25, -0.2) is 0 Å². The molecule has 1 saturated heterocycles. The fourth-order valence-electron chi connectivity index (χ4n) is 4.18. The SMILES string of the molecule is CCNC(=O)C(C)N(Cc1ccc(Cl)cc1Cl)C(=O)CCN1C(=O)[C@H]2CC=CC[C@H]2C1=O. The normalized spacial score (nSPS) is 20.8. The van der Waals surface area contributed by atoms with Gasteiger partial charge in [-0.3, -0.25) is 24.1 Å². The fraction of sp³-hybridized carbons (Fsp3) is 0.478. The molecule has 1 unspecified atom stereocenters. The summed E-state index contributed by atoms with van der Waals surface area (Å²) in [5.74, 6) is -1.75. The van der Waals surface area contributed by atoms with Gasteiger partial charge >= 0.3 is 0 Å². The van der Waals surface area contributed by atoms with Crippen molar-refractivity contribution < 1.29 is 19.2 Å². The van der Waals surface area contributed by atoms with Crippen molar-refractivity contribution in [3.8, 4) is 0 Å². The van der Waals surface area contributed by atoms with Crippen LogP contribution in [0.3, 0.4) is 0 Å². The van der Waals surface area contributed by atoms with Crippen molar-refractivity contribution in [3.05, 3.63) is 46.0 Å². The number of rotatable bonds is 8. The highest BCUT2D eigenvalue weighted by atomic mass is 35.5. The molecule has 1 heterocycles. The molecule has 1 aromatic rings. The number of imide groups is 1. The van der Waals surface area contributed by atoms with E-state index < -0.39 is 6.04 Å². The number of halogens is 2. The number of hydrogen-bond acceptors (Lipinski definition) is 4. The summed E-state index contributed by atoms with van der Waals surface area (Å²) >= 11 is 12.3. The Morgan fingerprint density at radius 2 is 1.78 bits per heavy atom. The van der Waals surface area contributed by atoms with E-state index >= 15 is 0 Å². The van der Waals surface area contributed by atoms with E-state index in [1.807, 2.05) is 12.2 Å². The number of nitrogens with one attached hydrogen (secondary N) is 1. The second kappa shape index (κ2) is 10.5. The quantitative estimate of drug-likeness (QED) is 0.458. The highest BCUT2D eigenvalue weighted by Crippen LogP contribution is 2.35. The molecular formula is C23H27Cl2N3O4. The molecule has 32 heavy (non-hydrogen) atoms. The van der Waals surface area contributed by atoms with Crippen LogP contribution in [0.15, 0.2) is 30.4 Å². The maximum atomic E-state index is 13.2. The van der Waals surface area contributed by atoms with Crippen LogP contribution >= 0.6 is 23.2 Å². The van der Waals surface area contributed by atoms with Crippen LogP contribution in [0, 0.1) is 11.8 Å². The second-order valence-electron chi connectivity index (χ2n) is 8.06. The zero-order valence-electron chi connectivity index (χ0n) is 18.1. The Morgan fingerprint density at radius 3 is 2.34 bits per heavy atom. The molecule has 7 nitrogen and oxygen atoms in total. The summed E-state index contributed by atoms with van der Waals surface area (Å²) in [6.45, 7) is 3.96. The molecule has 0 radical (unpaired) electrons. The molecule has 0 spiro atoms. The molecule has 0 saturated carbocycles. The number of fused-ring (bicyclic) bond motifs is 1. The summed E-state index contributed by atoms with van der Waals surface area (Å²) in [4.78, 5) is 53.6. The topological polar surface area (TPSA) is 86.8 Å². The van der Waals surface area contributed by atoms with E-state index in [-0.39, 0.29) is 55.0 Å². The Bertz CT molecular complexity index is 923. The van der Waals surface area contributed by atoms with Gasteiger partial charge < -0.3 is 10.2 Å². The average Bonchev–Trinajstić information content (AvgIpc) is 3.01. The average molecular weight is 480 g/mol. The maximum absolute atomic E-state index is 13.2. The van der Waals surface area contributed by atoms with E-state index in [4.69, 9.17) is 23.2 Å². The molecule has 1 fully saturated rings. The van der Waals surface area contributed by atoms with Gasteiger partial charge in [0.2, 0.25) is 23.6 Å². The number of nitrogens with zero attached hydrogens (tertiary/aromatic N) is 2. The highest BCUT2D eigenvalue weighted by molar-refractivity contribution is 6.35. The lowest BCUT2D eigenvalue weighted by atomic mass is 9.85. The predicted molar refractivity (Wildman–Crippen MR) is 122 cm³/mol. The molecule has 172 valence electrons. The number of allylic oxidation sites excluding steroid dienone is 2. The number of amides is 4. The van der Waals surface area contributed by atoms with Crippen LogP contribution in [0.5, 0.6) is 0 Å². The monoisotopic (exact) mass is 479 g/mol. The molecule has 2 aliphatic rings. The second-order valence-corrected chi connectivity index (χ2v) is 8.91. The van der Waals surface area contributed by atoms with Gasteiger partial charge in [-0.1, -0.05) is 41.4 Å². The number of likely N-dealkylation sites (N-methyl/N-ethyl adjacent to an activating group) is 1. The summed E-state index contributed by atoms with van der Waals surface area (Å²) < 4.78 is 0. The number of carbonyl (C=O) groups is 4. The first-order valence-electron chi connectivity index (χ1n) is 10.8. The van der Waals surface area contributed by atoms with E-state index in [1.165, 1.54) is 9.80 Å². The number of benzene rings is 1. The maximum Gasteiger partial charge on any atom is 0.242 e. The van der Waals surface area contributed by atoms with Crippen LogP contribution in [0.1, 0.15) is 38.7 Å². The number of likely N-dealkylation sites (tertiary alicyclic amines) is 1. The van der Waals surface area contributed by atoms with Crippen molar-refractivity contribution in [1.29, 1.82) is 0 Å². The molecule has 1 aromatic carbocycles. The first-order valence-corrected chi connectivity index (χ1v) is 11.5. The summed E-state index contributed by atoms with van der Waals surface area (Å²) in [5.41, 5.74) is 0.644. The number of hydrogen-bond donors (Lipinski definition) is 1. The fourth-order valence-corrected chi connectivity index (χ4v) is 4.65. The lowest BCUT2D eigenvalue weighted by Gasteiger charge is -2.29. The van der Waals surface area contributed by atoms with Gasteiger partial charge in [-0.15, -0.1) is 0 Å². The summed E-state index contributed by atoms with van der Waals surface area (Å²) in [6.07, 6.45) is 4.88. The highest BCUT2D eigenvalue weighted by Gasteiger charge is 2.47. The minimum absolute atomic E-state index is 0.00351. The summed E-state index contributed by atoms with van der Waals surface area (Å²) in [5, 5.41) is 3.58. The van der Waals surface area contributed by atoms with Crippen LogP contribution in [-0.4, -0.2) is 52.6 Å². The standard InChI is InChI=1S/C23H27Cl2N3O4/c1-3-26-21(30)14(2)28(13-15-8-9-16(24)12-19(15)25)20(29)10-11-27-22(31)17-6-4-5-7-18(17)23(27)32/h4-5,8-9,12,14,17-18H,3,6-7,10-11,13H2,1-2H3,(H,26,30)/t14?,17-,18+. The van der Waals surface area contributed by atoms with E-state index in [1.54, 1.807) is 32.0 Å². The van der Waals surface area contributed by atoms with E-state index in [0.29, 0.717) is 35.0 Å². The van der Waals surface area contributed by atoms with Crippen molar-refractivity contribution in [1.82, 2.24) is 15.1 Å². The van der Waals surface area contributed by atoms with Crippen LogP contribution in [0.4, 0.5) is 0 Å². The summed E-state index contributed by atoms with van der Waals surface area (Å²) in [7, 11) is 0. The molecule has 3 rings (SSSR count). The van der Waals surface area contributed by atoms with Crippen molar-refractivity contribution in [2.24, 2.45) is 11.8 Å². The minimum atomic E-state index is -0.758. The molecule has 1 N–H and O–H groups in total. The molecule has 1 aliphatic heterocycles. The first kappa shape index (κ1) is 24.3. The van der Waals surface area contributed by atoms with E-state index in [0.717, 1.165) is 0 Å². The van der Waals surface area contributed by atoms with Crippen LogP contribution < -0.4 is 5.32 Å². The van der Waals surface area contributed by atoms with Gasteiger partial charge in [0, 0.05) is 36.1 Å². The number of carbonyl (C=O) groups excluding carboxylic acids is 4. The van der Waals surface area contributed by atoms with Crippen molar-refractivity contribution in [2.75, 3.05) is 13.1 Å². The van der Waals surface area contributed by atoms with Crippen molar-refractivity contribution >= 4 is 46.8 Å².